The van der Waals surface area contributed by atoms with Crippen molar-refractivity contribution in [3.05, 3.63) is 63.0 Å². The van der Waals surface area contributed by atoms with E-state index in [2.05, 4.69) is 30.1 Å². The predicted molar refractivity (Wildman–Crippen MR) is 112 cm³/mol. The van der Waals surface area contributed by atoms with Crippen LogP contribution in [-0.2, 0) is 6.54 Å². The minimum absolute atomic E-state index is 0.132. The second-order valence-corrected chi connectivity index (χ2v) is 7.39. The number of nitrogens with one attached hydrogen (secondary N) is 2. The number of aromatic nitrogens is 3. The van der Waals surface area contributed by atoms with E-state index in [0.717, 1.165) is 11.9 Å². The number of benzene rings is 1. The molecule has 2 aromatic heterocycles. The Kier molecular flexibility index (Phi) is 5.65. The van der Waals surface area contributed by atoms with E-state index in [0.29, 0.717) is 43.8 Å². The second kappa shape index (κ2) is 8.37. The lowest BCUT2D eigenvalue weighted by Gasteiger charge is -2.36. The molecule has 0 bridgehead atoms. The van der Waals surface area contributed by atoms with E-state index < -0.39 is 11.4 Å². The van der Waals surface area contributed by atoms with Gasteiger partial charge in [0.2, 0.25) is 0 Å². The zero-order valence-corrected chi connectivity index (χ0v) is 17.0. The summed E-state index contributed by atoms with van der Waals surface area (Å²) in [5.74, 6) is -0.737. The first-order valence-corrected chi connectivity index (χ1v) is 9.86. The monoisotopic (exact) mass is 430 g/mol. The van der Waals surface area contributed by atoms with Gasteiger partial charge in [0.1, 0.15) is 11.2 Å². The van der Waals surface area contributed by atoms with Crippen molar-refractivity contribution in [1.29, 1.82) is 0 Å². The molecule has 1 aliphatic heterocycles. The number of hydrogen-bond donors (Lipinski definition) is 2. The summed E-state index contributed by atoms with van der Waals surface area (Å²) in [6.07, 6.45) is 1.14. The SMILES string of the molecule is CNC(=O)c1ccc(N2CCN(Cc3ccc4ncc(=O)[nH]c4c3F)CC2)c(Cl)n1. The van der Waals surface area contributed by atoms with Crippen molar-refractivity contribution < 1.29 is 9.18 Å². The fraction of sp³-hybridized carbons (Fsp3) is 0.300. The van der Waals surface area contributed by atoms with E-state index in [1.165, 1.54) is 7.05 Å². The van der Waals surface area contributed by atoms with E-state index in [1.54, 1.807) is 24.3 Å². The van der Waals surface area contributed by atoms with E-state index in [4.69, 9.17) is 11.6 Å². The van der Waals surface area contributed by atoms with Crippen LogP contribution in [0, 0.1) is 5.82 Å². The lowest BCUT2D eigenvalue weighted by molar-refractivity contribution is 0.0958. The number of anilines is 1. The van der Waals surface area contributed by atoms with Gasteiger partial charge in [-0.25, -0.2) is 14.4 Å². The Hall–Kier alpha value is -3.04. The van der Waals surface area contributed by atoms with Crippen LogP contribution in [0.4, 0.5) is 10.1 Å². The van der Waals surface area contributed by atoms with Crippen LogP contribution in [0.25, 0.3) is 11.0 Å². The van der Waals surface area contributed by atoms with Crippen molar-refractivity contribution in [2.24, 2.45) is 0 Å². The van der Waals surface area contributed by atoms with Crippen molar-refractivity contribution in [3.63, 3.8) is 0 Å². The average Bonchev–Trinajstić information content (AvgIpc) is 2.76. The predicted octanol–water partition coefficient (Wildman–Crippen LogP) is 1.79. The number of piperazine rings is 1. The van der Waals surface area contributed by atoms with Crippen molar-refractivity contribution in [2.45, 2.75) is 6.54 Å². The van der Waals surface area contributed by atoms with Crippen LogP contribution in [-0.4, -0.2) is 59.0 Å². The lowest BCUT2D eigenvalue weighted by atomic mass is 10.1. The zero-order chi connectivity index (χ0) is 21.3. The van der Waals surface area contributed by atoms with Gasteiger partial charge in [-0.3, -0.25) is 14.5 Å². The number of hydrogen-bond acceptors (Lipinski definition) is 6. The number of aromatic amines is 1. The van der Waals surface area contributed by atoms with Gasteiger partial charge in [0.25, 0.3) is 11.5 Å². The average molecular weight is 431 g/mol. The summed E-state index contributed by atoms with van der Waals surface area (Å²) in [7, 11) is 1.54. The van der Waals surface area contributed by atoms with Crippen molar-refractivity contribution >= 4 is 34.2 Å². The van der Waals surface area contributed by atoms with Gasteiger partial charge in [-0.2, -0.15) is 0 Å². The maximum absolute atomic E-state index is 14.8. The third-order valence-electron chi connectivity index (χ3n) is 5.16. The number of nitrogens with zero attached hydrogens (tertiary/aromatic N) is 4. The Labute approximate surface area is 176 Å². The number of amides is 1. The molecule has 3 aromatic rings. The fourth-order valence-corrected chi connectivity index (χ4v) is 3.82. The fourth-order valence-electron chi connectivity index (χ4n) is 3.55. The molecule has 0 atom stereocenters. The quantitative estimate of drug-likeness (QED) is 0.613. The Morgan fingerprint density at radius 1 is 1.23 bits per heavy atom. The molecule has 2 N–H and O–H groups in total. The zero-order valence-electron chi connectivity index (χ0n) is 16.3. The van der Waals surface area contributed by atoms with Crippen LogP contribution in [0.1, 0.15) is 16.1 Å². The van der Waals surface area contributed by atoms with Gasteiger partial charge in [-0.1, -0.05) is 17.7 Å². The molecule has 1 aliphatic rings. The van der Waals surface area contributed by atoms with Crippen LogP contribution in [0.2, 0.25) is 5.15 Å². The smallest absolute Gasteiger partial charge is 0.269 e. The summed E-state index contributed by atoms with van der Waals surface area (Å²) in [6.45, 7) is 3.21. The molecule has 30 heavy (non-hydrogen) atoms. The van der Waals surface area contributed by atoms with Gasteiger partial charge < -0.3 is 15.2 Å². The molecule has 10 heteroatoms. The highest BCUT2D eigenvalue weighted by molar-refractivity contribution is 6.32. The number of rotatable bonds is 4. The molecule has 0 spiro atoms. The maximum Gasteiger partial charge on any atom is 0.269 e. The van der Waals surface area contributed by atoms with E-state index in [9.17, 15) is 14.0 Å². The number of fused-ring (bicyclic) bond motifs is 1. The molecule has 4 rings (SSSR count). The van der Waals surface area contributed by atoms with Crippen LogP contribution in [0.15, 0.2) is 35.3 Å². The molecule has 0 aliphatic carbocycles. The van der Waals surface area contributed by atoms with Gasteiger partial charge in [0.15, 0.2) is 11.0 Å². The first-order chi connectivity index (χ1) is 14.5. The molecule has 156 valence electrons. The summed E-state index contributed by atoms with van der Waals surface area (Å²) in [5, 5.41) is 2.80. The highest BCUT2D eigenvalue weighted by atomic mass is 35.5. The maximum atomic E-state index is 14.8. The van der Waals surface area contributed by atoms with Crippen LogP contribution < -0.4 is 15.8 Å². The van der Waals surface area contributed by atoms with E-state index in [1.807, 2.05) is 0 Å². The number of H-pyrrole nitrogens is 1. The van der Waals surface area contributed by atoms with Crippen molar-refractivity contribution in [3.8, 4) is 0 Å². The summed E-state index contributed by atoms with van der Waals surface area (Å²) in [4.78, 5) is 38.0. The largest absolute Gasteiger partial charge is 0.366 e. The summed E-state index contributed by atoms with van der Waals surface area (Å²) < 4.78 is 14.8. The Bertz CT molecular complexity index is 1160. The molecule has 8 nitrogen and oxygen atoms in total. The molecule has 3 heterocycles. The third-order valence-corrected chi connectivity index (χ3v) is 5.44. The van der Waals surface area contributed by atoms with Gasteiger partial charge in [0.05, 0.1) is 17.4 Å². The summed E-state index contributed by atoms with van der Waals surface area (Å²) in [6, 6.07) is 6.85. The molecule has 0 unspecified atom stereocenters. The van der Waals surface area contributed by atoms with Gasteiger partial charge in [0, 0.05) is 45.3 Å². The molecular formula is C20H20ClFN6O2. The number of halogens is 2. The van der Waals surface area contributed by atoms with Crippen LogP contribution in [0.5, 0.6) is 0 Å². The molecule has 1 saturated heterocycles. The van der Waals surface area contributed by atoms with E-state index >= 15 is 0 Å². The molecule has 0 saturated carbocycles. The Morgan fingerprint density at radius 3 is 2.70 bits per heavy atom. The molecule has 0 radical (unpaired) electrons. The molecular weight excluding hydrogens is 411 g/mol. The third kappa shape index (κ3) is 3.99. The number of carbonyl (C=O) groups is 1. The van der Waals surface area contributed by atoms with E-state index in [-0.39, 0.29) is 22.3 Å². The highest BCUT2D eigenvalue weighted by Crippen LogP contribution is 2.26. The minimum atomic E-state index is -0.447. The standard InChI is InChI=1S/C20H20ClFN6O2/c1-23-20(30)14-4-5-15(19(21)25-14)28-8-6-27(7-9-28)11-12-2-3-13-18(17(12)22)26-16(29)10-24-13/h2-5,10H,6-9,11H2,1H3,(H,23,30)(H,26,29). The number of pyridine rings is 1. The molecule has 1 fully saturated rings. The lowest BCUT2D eigenvalue weighted by Crippen LogP contribution is -2.46. The van der Waals surface area contributed by atoms with Crippen LogP contribution in [0.3, 0.4) is 0 Å². The summed E-state index contributed by atoms with van der Waals surface area (Å²) in [5.41, 5.74) is 1.67. The van der Waals surface area contributed by atoms with Crippen LogP contribution >= 0.6 is 11.6 Å². The first kappa shape index (κ1) is 20.2. The van der Waals surface area contributed by atoms with Gasteiger partial charge >= 0.3 is 0 Å². The van der Waals surface area contributed by atoms with Gasteiger partial charge in [-0.05, 0) is 18.2 Å². The number of carbonyl (C=O) groups excluding carboxylic acids is 1. The van der Waals surface area contributed by atoms with Crippen molar-refractivity contribution in [1.82, 2.24) is 25.2 Å². The van der Waals surface area contributed by atoms with Crippen molar-refractivity contribution in [2.75, 3.05) is 38.1 Å². The topological polar surface area (TPSA) is 94.2 Å². The molecule has 1 amide bonds. The second-order valence-electron chi connectivity index (χ2n) is 7.03. The highest BCUT2D eigenvalue weighted by Gasteiger charge is 2.22. The summed E-state index contributed by atoms with van der Waals surface area (Å²) >= 11 is 6.29. The Balaban J connectivity index is 1.44. The Morgan fingerprint density at radius 2 is 2.00 bits per heavy atom. The first-order valence-electron chi connectivity index (χ1n) is 9.48. The normalized spacial score (nSPS) is 14.8. The minimum Gasteiger partial charge on any atom is -0.366 e. The molecule has 1 aromatic carbocycles. The van der Waals surface area contributed by atoms with Gasteiger partial charge in [-0.15, -0.1) is 0 Å².